The Hall–Kier alpha value is -3.43. The molecule has 0 spiro atoms. The van der Waals surface area contributed by atoms with Gasteiger partial charge in [-0.1, -0.05) is 13.8 Å². The molecular weight excluding hydrogens is 428 g/mol. The number of nitrogens with one attached hydrogen (secondary N) is 1. The minimum absolute atomic E-state index is 0.200. The number of aliphatic imine (C=N–C) groups is 1. The number of hydrogen-bond acceptors (Lipinski definition) is 9. The predicted octanol–water partition coefficient (Wildman–Crippen LogP) is 3.11. The second-order valence-electron chi connectivity index (χ2n) is 8.81. The Morgan fingerprint density at radius 3 is 2.76 bits per heavy atom. The van der Waals surface area contributed by atoms with Crippen LogP contribution in [0.25, 0.3) is 16.6 Å². The number of anilines is 2. The van der Waals surface area contributed by atoms with E-state index in [-0.39, 0.29) is 12.6 Å². The summed E-state index contributed by atoms with van der Waals surface area (Å²) in [6.07, 6.45) is 8.92. The third kappa shape index (κ3) is 5.92. The molecule has 0 bridgehead atoms. The zero-order chi connectivity index (χ0) is 23.9. The van der Waals surface area contributed by atoms with Crippen molar-refractivity contribution in [3.8, 4) is 0 Å². The van der Waals surface area contributed by atoms with E-state index in [0.717, 1.165) is 60.2 Å². The summed E-state index contributed by atoms with van der Waals surface area (Å²) < 4.78 is 0. The summed E-state index contributed by atoms with van der Waals surface area (Å²) >= 11 is 0. The smallest absolute Gasteiger partial charge is 0.154 e. The maximum atomic E-state index is 9.10. The molecule has 1 aliphatic heterocycles. The summed E-state index contributed by atoms with van der Waals surface area (Å²) in [6.45, 7) is 7.07. The molecule has 0 amide bonds. The molecular formula is C25H32N8O. The first-order valence-electron chi connectivity index (χ1n) is 11.7. The third-order valence-corrected chi connectivity index (χ3v) is 6.05. The van der Waals surface area contributed by atoms with Gasteiger partial charge >= 0.3 is 0 Å². The first-order valence-corrected chi connectivity index (χ1v) is 11.7. The van der Waals surface area contributed by atoms with Crippen LogP contribution in [0.3, 0.4) is 0 Å². The largest absolute Gasteiger partial charge is 0.404 e. The monoisotopic (exact) mass is 460 g/mol. The van der Waals surface area contributed by atoms with E-state index in [1.54, 1.807) is 18.6 Å². The lowest BCUT2D eigenvalue weighted by Crippen LogP contribution is -2.37. The van der Waals surface area contributed by atoms with Crippen LogP contribution in [0.4, 0.5) is 11.6 Å². The average Bonchev–Trinajstić information content (AvgIpc) is 2.85. The number of β-amino-alcohol motifs (C(OH)–C–C–N with tert-alkyl or cyclic N) is 1. The van der Waals surface area contributed by atoms with Crippen molar-refractivity contribution in [1.82, 2.24) is 25.1 Å². The van der Waals surface area contributed by atoms with E-state index in [1.165, 1.54) is 0 Å². The van der Waals surface area contributed by atoms with Crippen LogP contribution in [0, 0.1) is 0 Å². The number of rotatable bonds is 8. The fourth-order valence-corrected chi connectivity index (χ4v) is 3.96. The lowest BCUT2D eigenvalue weighted by Gasteiger charge is -2.29. The van der Waals surface area contributed by atoms with Crippen LogP contribution in [0.15, 0.2) is 47.9 Å². The highest BCUT2D eigenvalue weighted by Crippen LogP contribution is 2.22. The fourth-order valence-electron chi connectivity index (χ4n) is 3.96. The van der Waals surface area contributed by atoms with Crippen LogP contribution >= 0.6 is 0 Å². The second kappa shape index (κ2) is 11.1. The minimum Gasteiger partial charge on any atom is -0.404 e. The van der Waals surface area contributed by atoms with Crippen molar-refractivity contribution in [1.29, 1.82) is 0 Å². The standard InChI is InChI=1S/C25H32N8O/c1-17(2)18-12-25(32-29-16-18)31-24-4-3-22-23(30-24)11-19(14-28-22)20(13-26)15-27-21-5-7-33(8-6-21)9-10-34/h3-4,11-17,21,34H,5-10,26H2,1-2H3,(H,30,31,32). The first-order chi connectivity index (χ1) is 16.6. The van der Waals surface area contributed by atoms with E-state index in [4.69, 9.17) is 20.8 Å². The minimum atomic E-state index is 0.200. The average molecular weight is 461 g/mol. The summed E-state index contributed by atoms with van der Waals surface area (Å²) in [6, 6.07) is 8.02. The molecule has 0 radical (unpaired) electrons. The van der Waals surface area contributed by atoms with Crippen molar-refractivity contribution >= 4 is 34.5 Å². The zero-order valence-corrected chi connectivity index (χ0v) is 19.7. The summed E-state index contributed by atoms with van der Waals surface area (Å²) in [5.41, 5.74) is 10.3. The Labute approximate surface area is 199 Å². The van der Waals surface area contributed by atoms with Gasteiger partial charge in [0.15, 0.2) is 5.82 Å². The first kappa shape index (κ1) is 23.7. The summed E-state index contributed by atoms with van der Waals surface area (Å²) in [7, 11) is 0. The molecule has 3 aromatic heterocycles. The van der Waals surface area contributed by atoms with Crippen LogP contribution in [-0.2, 0) is 0 Å². The number of aliphatic hydroxyl groups excluding tert-OH is 1. The predicted molar refractivity (Wildman–Crippen MR) is 136 cm³/mol. The Kier molecular flexibility index (Phi) is 7.76. The second-order valence-corrected chi connectivity index (χ2v) is 8.81. The molecule has 0 aromatic carbocycles. The highest BCUT2D eigenvalue weighted by atomic mass is 16.3. The number of piperidine rings is 1. The van der Waals surface area contributed by atoms with E-state index < -0.39 is 0 Å². The Bertz CT molecular complexity index is 1170. The Morgan fingerprint density at radius 2 is 2.03 bits per heavy atom. The molecule has 1 fully saturated rings. The molecule has 0 atom stereocenters. The van der Waals surface area contributed by atoms with Gasteiger partial charge in [-0.2, -0.15) is 5.10 Å². The van der Waals surface area contributed by atoms with E-state index in [1.807, 2.05) is 30.5 Å². The molecule has 9 nitrogen and oxygen atoms in total. The number of nitrogens with two attached hydrogens (primary N) is 1. The van der Waals surface area contributed by atoms with Gasteiger partial charge in [-0.05, 0) is 48.6 Å². The summed E-state index contributed by atoms with van der Waals surface area (Å²) in [5, 5.41) is 20.6. The van der Waals surface area contributed by atoms with Gasteiger partial charge < -0.3 is 21.1 Å². The molecule has 4 heterocycles. The van der Waals surface area contributed by atoms with Gasteiger partial charge in [0, 0.05) is 49.4 Å². The molecule has 3 aromatic rings. The topological polar surface area (TPSA) is 125 Å². The van der Waals surface area contributed by atoms with Gasteiger partial charge in [-0.25, -0.2) is 4.98 Å². The number of pyridine rings is 2. The lowest BCUT2D eigenvalue weighted by molar-refractivity contribution is 0.165. The summed E-state index contributed by atoms with van der Waals surface area (Å²) in [4.78, 5) is 16.3. The van der Waals surface area contributed by atoms with Crippen molar-refractivity contribution in [3.63, 3.8) is 0 Å². The van der Waals surface area contributed by atoms with E-state index >= 15 is 0 Å². The van der Waals surface area contributed by atoms with Crippen LogP contribution in [0.2, 0.25) is 0 Å². The number of fused-ring (bicyclic) bond motifs is 1. The molecule has 1 saturated heterocycles. The van der Waals surface area contributed by atoms with Crippen molar-refractivity contribution < 1.29 is 5.11 Å². The quantitative estimate of drug-likeness (QED) is 0.438. The molecule has 4 rings (SSSR count). The molecule has 0 saturated carbocycles. The normalized spacial score (nSPS) is 16.1. The third-order valence-electron chi connectivity index (χ3n) is 6.05. The van der Waals surface area contributed by atoms with E-state index in [2.05, 4.69) is 39.2 Å². The van der Waals surface area contributed by atoms with Crippen LogP contribution in [0.5, 0.6) is 0 Å². The van der Waals surface area contributed by atoms with Gasteiger partial charge in [0.05, 0.1) is 29.9 Å². The number of hydrogen-bond donors (Lipinski definition) is 3. The van der Waals surface area contributed by atoms with Crippen LogP contribution in [0.1, 0.15) is 43.7 Å². The maximum Gasteiger partial charge on any atom is 0.154 e. The molecule has 9 heteroatoms. The Morgan fingerprint density at radius 1 is 1.21 bits per heavy atom. The fraction of sp³-hybridized carbons (Fsp3) is 0.400. The number of allylic oxidation sites excluding steroid dienone is 1. The number of aliphatic hydroxyl groups is 1. The van der Waals surface area contributed by atoms with Gasteiger partial charge in [0.25, 0.3) is 0 Å². The maximum absolute atomic E-state index is 9.10. The molecule has 178 valence electrons. The number of likely N-dealkylation sites (tertiary alicyclic amines) is 1. The lowest BCUT2D eigenvalue weighted by atomic mass is 10.1. The van der Waals surface area contributed by atoms with Crippen molar-refractivity contribution in [2.45, 2.75) is 38.6 Å². The van der Waals surface area contributed by atoms with Crippen molar-refractivity contribution in [2.24, 2.45) is 10.7 Å². The van der Waals surface area contributed by atoms with Gasteiger partial charge in [-0.15, -0.1) is 5.10 Å². The zero-order valence-electron chi connectivity index (χ0n) is 19.7. The number of aromatic nitrogens is 4. The van der Waals surface area contributed by atoms with Crippen LogP contribution in [-0.4, -0.2) is 68.7 Å². The van der Waals surface area contributed by atoms with Gasteiger partial charge in [0.2, 0.25) is 0 Å². The molecule has 0 unspecified atom stereocenters. The molecule has 4 N–H and O–H groups in total. The van der Waals surface area contributed by atoms with Gasteiger partial charge in [-0.3, -0.25) is 9.98 Å². The summed E-state index contributed by atoms with van der Waals surface area (Å²) in [5.74, 6) is 1.69. The van der Waals surface area contributed by atoms with Gasteiger partial charge in [0.1, 0.15) is 5.82 Å². The highest BCUT2D eigenvalue weighted by Gasteiger charge is 2.17. The Balaban J connectivity index is 1.49. The van der Waals surface area contributed by atoms with E-state index in [0.29, 0.717) is 17.6 Å². The number of nitrogens with zero attached hydrogens (tertiary/aromatic N) is 6. The van der Waals surface area contributed by atoms with Crippen LogP contribution < -0.4 is 11.1 Å². The molecule has 34 heavy (non-hydrogen) atoms. The van der Waals surface area contributed by atoms with Crippen molar-refractivity contribution in [3.05, 3.63) is 54.0 Å². The van der Waals surface area contributed by atoms with Crippen molar-refractivity contribution in [2.75, 3.05) is 31.6 Å². The van der Waals surface area contributed by atoms with E-state index in [9.17, 15) is 0 Å². The SMILES string of the molecule is CC(C)c1cnnc(Nc2ccc3ncc(C(C=NC4CCN(CCO)CC4)=CN)cc3n2)c1. The molecule has 0 aliphatic carbocycles. The highest BCUT2D eigenvalue weighted by molar-refractivity contribution is 6.10. The molecule has 1 aliphatic rings.